The lowest BCUT2D eigenvalue weighted by Crippen LogP contribution is -2.71. The van der Waals surface area contributed by atoms with Crippen LogP contribution in [0.15, 0.2) is 39.4 Å². The number of hydrogen-bond acceptors (Lipinski definition) is 13. The number of β-lactam (4-membered cyclic amide) rings is 1. The van der Waals surface area contributed by atoms with Gasteiger partial charge in [0.2, 0.25) is 5.91 Å². The van der Waals surface area contributed by atoms with E-state index in [2.05, 4.69) is 10.3 Å². The number of ether oxygens (including phenoxy) is 2. The van der Waals surface area contributed by atoms with Crippen molar-refractivity contribution in [2.45, 2.75) is 61.6 Å². The monoisotopic (exact) mass is 699 g/mol. The number of aliphatic imine (C=N–C) groups is 1. The number of allylic oxidation sites excluding steroid dienone is 3. The molecule has 3 aliphatic heterocycles. The van der Waals surface area contributed by atoms with Crippen molar-refractivity contribution in [1.82, 2.24) is 10.2 Å². The summed E-state index contributed by atoms with van der Waals surface area (Å²) in [6, 6.07) is -1.18. The Balaban J connectivity index is 1.44. The van der Waals surface area contributed by atoms with E-state index in [0.717, 1.165) is 52.6 Å². The summed E-state index contributed by atoms with van der Waals surface area (Å²) < 4.78 is 10.7. The minimum atomic E-state index is -1.56. The molecule has 3 N–H and O–H groups in total. The lowest BCUT2D eigenvalue weighted by molar-refractivity contribution is -0.161. The molecule has 0 bridgehead atoms. The fraction of sp³-hybridized carbons (Fsp3) is 0.536. The zero-order chi connectivity index (χ0) is 33.1. The van der Waals surface area contributed by atoms with Gasteiger partial charge in [0.15, 0.2) is 11.4 Å². The Morgan fingerprint density at radius 2 is 1.82 bits per heavy atom. The van der Waals surface area contributed by atoms with Crippen LogP contribution in [0.5, 0.6) is 0 Å². The van der Waals surface area contributed by atoms with Crippen LogP contribution in [0.3, 0.4) is 0 Å². The third-order valence-corrected chi connectivity index (χ3v) is 12.0. The minimum absolute atomic E-state index is 0.0238. The summed E-state index contributed by atoms with van der Waals surface area (Å²) in [7, 11) is 0. The van der Waals surface area contributed by atoms with Gasteiger partial charge in [-0.3, -0.25) is 33.9 Å². The Bertz CT molecular complexity index is 1400. The van der Waals surface area contributed by atoms with Gasteiger partial charge in [0.1, 0.15) is 28.4 Å². The summed E-state index contributed by atoms with van der Waals surface area (Å²) in [4.78, 5) is 81.1. The number of carboxylic acid groups (broad SMARTS) is 2. The molecule has 17 heteroatoms. The highest BCUT2D eigenvalue weighted by Gasteiger charge is 2.55. The van der Waals surface area contributed by atoms with E-state index in [0.29, 0.717) is 11.3 Å². The number of aliphatic carboxylic acids is 2. The number of rotatable bonds is 11. The van der Waals surface area contributed by atoms with Crippen molar-refractivity contribution < 1.29 is 48.5 Å². The molecule has 0 radical (unpaired) electrons. The Hall–Kier alpha value is -2.89. The highest BCUT2D eigenvalue weighted by Crippen LogP contribution is 2.42. The van der Waals surface area contributed by atoms with Crippen LogP contribution in [0.4, 0.5) is 0 Å². The van der Waals surface area contributed by atoms with Crippen LogP contribution in [0.2, 0.25) is 0 Å². The van der Waals surface area contributed by atoms with Gasteiger partial charge in [-0.2, -0.15) is 0 Å². The van der Waals surface area contributed by atoms with Crippen molar-refractivity contribution in [3.63, 3.8) is 0 Å². The molecule has 0 aromatic heterocycles. The number of thioether (sulfide) groups is 4. The lowest BCUT2D eigenvalue weighted by atomic mass is 9.97. The molecule has 4 aliphatic rings. The molecule has 0 saturated carbocycles. The molecular weight excluding hydrogens is 667 g/mol. The van der Waals surface area contributed by atoms with Crippen molar-refractivity contribution >= 4 is 88.5 Å². The number of carboxylic acids is 2. The Morgan fingerprint density at radius 3 is 2.38 bits per heavy atom. The predicted octanol–water partition coefficient (Wildman–Crippen LogP) is 2.48. The number of hydrogen-bond donors (Lipinski definition) is 3. The molecule has 3 heterocycles. The van der Waals surface area contributed by atoms with E-state index in [1.807, 2.05) is 0 Å². The van der Waals surface area contributed by atoms with Gasteiger partial charge in [-0.1, -0.05) is 6.08 Å². The molecule has 1 aliphatic carbocycles. The van der Waals surface area contributed by atoms with E-state index in [9.17, 15) is 39.0 Å². The van der Waals surface area contributed by atoms with Crippen molar-refractivity contribution in [2.75, 3.05) is 23.9 Å². The molecule has 13 nitrogen and oxygen atoms in total. The van der Waals surface area contributed by atoms with Gasteiger partial charge in [-0.05, 0) is 32.9 Å². The van der Waals surface area contributed by atoms with Gasteiger partial charge < -0.3 is 25.0 Å². The van der Waals surface area contributed by atoms with E-state index < -0.39 is 76.2 Å². The number of fused-ring (bicyclic) bond motifs is 1. The van der Waals surface area contributed by atoms with Gasteiger partial charge in [-0.25, -0.2) is 4.79 Å². The molecule has 2 unspecified atom stereocenters. The smallest absolute Gasteiger partial charge is 0.352 e. The van der Waals surface area contributed by atoms with Crippen LogP contribution in [0.1, 0.15) is 34.1 Å². The van der Waals surface area contributed by atoms with Crippen LogP contribution >= 0.6 is 47.0 Å². The molecule has 0 aromatic rings. The summed E-state index contributed by atoms with van der Waals surface area (Å²) in [5.74, 6) is -3.82. The second kappa shape index (κ2) is 14.7. The number of nitrogens with one attached hydrogen (secondary N) is 1. The van der Waals surface area contributed by atoms with Crippen LogP contribution in [0.25, 0.3) is 0 Å². The fourth-order valence-corrected chi connectivity index (χ4v) is 9.34. The molecule has 2 amide bonds. The molecule has 244 valence electrons. The summed E-state index contributed by atoms with van der Waals surface area (Å²) in [6.45, 7) is 5.55. The van der Waals surface area contributed by atoms with Crippen LogP contribution in [0, 0.1) is 5.41 Å². The molecule has 2 saturated heterocycles. The summed E-state index contributed by atoms with van der Waals surface area (Å²) >= 11 is 5.46. The van der Waals surface area contributed by atoms with E-state index >= 15 is 0 Å². The first-order chi connectivity index (χ1) is 21.2. The maximum Gasteiger partial charge on any atom is 0.352 e. The zero-order valence-electron chi connectivity index (χ0n) is 24.8. The van der Waals surface area contributed by atoms with E-state index in [-0.39, 0.29) is 16.0 Å². The van der Waals surface area contributed by atoms with E-state index in [1.54, 1.807) is 62.5 Å². The summed E-state index contributed by atoms with van der Waals surface area (Å²) in [5, 5.41) is 19.9. The summed E-state index contributed by atoms with van der Waals surface area (Å²) in [6.07, 6.45) is 4.54. The highest BCUT2D eigenvalue weighted by molar-refractivity contribution is 8.20. The van der Waals surface area contributed by atoms with Gasteiger partial charge in [0.25, 0.3) is 5.91 Å². The van der Waals surface area contributed by atoms with Gasteiger partial charge in [0.05, 0.1) is 5.41 Å². The summed E-state index contributed by atoms with van der Waals surface area (Å²) in [5.41, 5.74) is -0.388. The average molecular weight is 700 g/mol. The van der Waals surface area contributed by atoms with Crippen LogP contribution < -0.4 is 5.32 Å². The third-order valence-electron chi connectivity index (χ3n) is 6.72. The fourth-order valence-electron chi connectivity index (χ4n) is 4.50. The molecule has 45 heavy (non-hydrogen) atoms. The Kier molecular flexibility index (Phi) is 11.4. The topological polar surface area (TPSA) is 189 Å². The lowest BCUT2D eigenvalue weighted by Gasteiger charge is -2.50. The minimum Gasteiger partial charge on any atom is -0.480 e. The predicted molar refractivity (Wildman–Crippen MR) is 173 cm³/mol. The number of amides is 2. The SMILES string of the molecule is CC(=O)OC(COC(=O)C(C)(C)C)C1=C(C(=O)O)N2C(=O)[C@@H](NC(=O)C(SC3=CCC(=NC4SCCS4)C=C3)C(=O)O)[C@H]2SC1. The van der Waals surface area contributed by atoms with Gasteiger partial charge in [-0.15, -0.1) is 47.0 Å². The quantitative estimate of drug-likeness (QED) is 0.162. The standard InChI is InChI=1S/C28H33N3O10S4/c1-13(32)41-17(11-40-26(39)28(2,3)4)16-12-44-23-18(22(34)31(23)19(16)24(35)36)30-21(33)20(25(37)38)45-15-7-5-14(6-8-15)29-27-42-9-10-43-27/h5,7-8,17-18,20,23,27H,6,9-12H2,1-4H3,(H,30,33)(H,35,36)(H,37,38)/t17?,18-,20?,23-/m1/s1. The average Bonchev–Trinajstić information content (AvgIpc) is 3.48. The van der Waals surface area contributed by atoms with Crippen molar-refractivity contribution in [2.24, 2.45) is 10.4 Å². The van der Waals surface area contributed by atoms with Crippen LogP contribution in [-0.2, 0) is 38.2 Å². The second-order valence-corrected chi connectivity index (χ2v) is 16.1. The maximum absolute atomic E-state index is 13.2. The normalized spacial score (nSPS) is 23.9. The molecule has 4 rings (SSSR count). The molecule has 0 spiro atoms. The van der Waals surface area contributed by atoms with E-state index in [4.69, 9.17) is 9.47 Å². The molecule has 2 fully saturated rings. The van der Waals surface area contributed by atoms with Crippen molar-refractivity contribution in [3.8, 4) is 0 Å². The largest absolute Gasteiger partial charge is 0.480 e. The maximum atomic E-state index is 13.2. The first kappa shape index (κ1) is 35.0. The Morgan fingerprint density at radius 1 is 1.13 bits per heavy atom. The van der Waals surface area contributed by atoms with Crippen molar-refractivity contribution in [3.05, 3.63) is 34.4 Å². The number of carbonyl (C=O) groups is 6. The number of carbonyl (C=O) groups excluding carboxylic acids is 4. The molecule has 0 aromatic carbocycles. The number of nitrogens with zero attached hydrogens (tertiary/aromatic N) is 2. The number of esters is 2. The second-order valence-electron chi connectivity index (χ2n) is 11.2. The van der Waals surface area contributed by atoms with Crippen LogP contribution in [-0.4, -0.2) is 108 Å². The van der Waals surface area contributed by atoms with Gasteiger partial charge >= 0.3 is 23.9 Å². The van der Waals surface area contributed by atoms with E-state index in [1.165, 1.54) is 0 Å². The zero-order valence-corrected chi connectivity index (χ0v) is 28.1. The van der Waals surface area contributed by atoms with Gasteiger partial charge in [0, 0.05) is 46.8 Å². The first-order valence-corrected chi connectivity index (χ1v) is 17.8. The molecular formula is C28H33N3O10S4. The molecule has 4 atom stereocenters. The Labute approximate surface area is 276 Å². The third kappa shape index (κ3) is 8.48. The first-order valence-electron chi connectivity index (χ1n) is 13.8. The van der Waals surface area contributed by atoms with Crippen molar-refractivity contribution in [1.29, 1.82) is 0 Å². The highest BCUT2D eigenvalue weighted by atomic mass is 32.2.